The summed E-state index contributed by atoms with van der Waals surface area (Å²) in [4.78, 5) is 14.8. The Morgan fingerprint density at radius 2 is 1.89 bits per heavy atom. The van der Waals surface area contributed by atoms with Crippen molar-refractivity contribution in [1.82, 2.24) is 4.98 Å². The molecule has 0 spiro atoms. The minimum absolute atomic E-state index is 0.0319. The number of nitriles is 1. The largest absolute Gasteiger partial charge is 0.360 e. The van der Waals surface area contributed by atoms with E-state index in [-0.39, 0.29) is 5.69 Å². The number of nitrogens with zero attached hydrogens (tertiary/aromatic N) is 3. The zero-order chi connectivity index (χ0) is 19.4. The predicted octanol–water partition coefficient (Wildman–Crippen LogP) is 5.31. The third-order valence-electron chi connectivity index (χ3n) is 3.83. The second kappa shape index (κ2) is 7.81. The first-order chi connectivity index (χ1) is 13.0. The lowest BCUT2D eigenvalue weighted by Crippen LogP contribution is -1.92. The number of hydrogen-bond acceptors (Lipinski definition) is 6. The van der Waals surface area contributed by atoms with Crippen molar-refractivity contribution in [1.29, 1.82) is 5.26 Å². The molecule has 0 amide bonds. The Hall–Kier alpha value is -3.50. The topological polar surface area (TPSA) is 91.8 Å². The first-order valence-electron chi connectivity index (χ1n) is 8.12. The minimum atomic E-state index is -0.439. The normalized spacial score (nSPS) is 11.1. The third-order valence-corrected chi connectivity index (χ3v) is 4.71. The van der Waals surface area contributed by atoms with Gasteiger partial charge in [-0.3, -0.25) is 10.1 Å². The molecule has 27 heavy (non-hydrogen) atoms. The van der Waals surface area contributed by atoms with Gasteiger partial charge in [-0.05, 0) is 49.2 Å². The molecule has 0 bridgehead atoms. The molecule has 1 aromatic heterocycles. The van der Waals surface area contributed by atoms with E-state index in [2.05, 4.69) is 22.4 Å². The van der Waals surface area contributed by atoms with Crippen molar-refractivity contribution in [2.24, 2.45) is 0 Å². The Morgan fingerprint density at radius 1 is 1.22 bits per heavy atom. The summed E-state index contributed by atoms with van der Waals surface area (Å²) in [6.07, 6.45) is 1.65. The monoisotopic (exact) mass is 376 g/mol. The smallest absolute Gasteiger partial charge is 0.269 e. The highest BCUT2D eigenvalue weighted by Crippen LogP contribution is 2.27. The van der Waals surface area contributed by atoms with Gasteiger partial charge < -0.3 is 5.32 Å². The van der Waals surface area contributed by atoms with Gasteiger partial charge in [0, 0.05) is 35.0 Å². The fourth-order valence-corrected chi connectivity index (χ4v) is 3.43. The Kier molecular flexibility index (Phi) is 5.29. The van der Waals surface area contributed by atoms with Gasteiger partial charge in [-0.2, -0.15) is 5.26 Å². The molecule has 0 saturated carbocycles. The van der Waals surface area contributed by atoms with Crippen molar-refractivity contribution >= 4 is 28.3 Å². The molecule has 0 radical (unpaired) electrons. The summed E-state index contributed by atoms with van der Waals surface area (Å²) in [6, 6.07) is 14.4. The molecule has 0 aliphatic rings. The van der Waals surface area contributed by atoms with Gasteiger partial charge in [-0.15, -0.1) is 11.3 Å². The fourth-order valence-electron chi connectivity index (χ4n) is 2.64. The maximum atomic E-state index is 10.8. The molecule has 1 heterocycles. The van der Waals surface area contributed by atoms with Gasteiger partial charge in [0.25, 0.3) is 5.69 Å². The van der Waals surface area contributed by atoms with Crippen LogP contribution in [0.5, 0.6) is 0 Å². The van der Waals surface area contributed by atoms with Gasteiger partial charge in [0.15, 0.2) is 0 Å². The number of allylic oxidation sites excluding steroid dienone is 1. The lowest BCUT2D eigenvalue weighted by atomic mass is 10.1. The van der Waals surface area contributed by atoms with E-state index in [1.54, 1.807) is 18.3 Å². The standard InChI is InChI=1S/C20H16N4O2S/c1-13-7-14(2)9-17(8-13)22-11-16(10-21)20-23-19(12-27-20)15-3-5-18(6-4-15)24(25)26/h3-9,11-12,22H,1-2H3. The molecule has 0 fully saturated rings. The molecule has 6 nitrogen and oxygen atoms in total. The first kappa shape index (κ1) is 18.3. The minimum Gasteiger partial charge on any atom is -0.360 e. The number of non-ortho nitro benzene ring substituents is 1. The van der Waals surface area contributed by atoms with Crippen molar-refractivity contribution < 1.29 is 4.92 Å². The Balaban J connectivity index is 1.82. The van der Waals surface area contributed by atoms with Crippen LogP contribution in [0.15, 0.2) is 54.0 Å². The van der Waals surface area contributed by atoms with E-state index in [9.17, 15) is 15.4 Å². The van der Waals surface area contributed by atoms with Crippen molar-refractivity contribution in [3.8, 4) is 17.3 Å². The summed E-state index contributed by atoms with van der Waals surface area (Å²) in [5.74, 6) is 0. The molecule has 0 aliphatic heterocycles. The molecular weight excluding hydrogens is 360 g/mol. The van der Waals surface area contributed by atoms with E-state index >= 15 is 0 Å². The van der Waals surface area contributed by atoms with Gasteiger partial charge in [0.2, 0.25) is 0 Å². The number of anilines is 1. The molecule has 0 unspecified atom stereocenters. The zero-order valence-corrected chi connectivity index (χ0v) is 15.6. The maximum Gasteiger partial charge on any atom is 0.269 e. The van der Waals surface area contributed by atoms with Crippen molar-refractivity contribution in [2.45, 2.75) is 13.8 Å². The third kappa shape index (κ3) is 4.37. The summed E-state index contributed by atoms with van der Waals surface area (Å²) in [5.41, 5.74) is 5.09. The number of rotatable bonds is 5. The van der Waals surface area contributed by atoms with Crippen LogP contribution in [0.2, 0.25) is 0 Å². The quantitative estimate of drug-likeness (QED) is 0.370. The van der Waals surface area contributed by atoms with Crippen LogP contribution >= 0.6 is 11.3 Å². The van der Waals surface area contributed by atoms with E-state index in [4.69, 9.17) is 0 Å². The van der Waals surface area contributed by atoms with E-state index in [0.29, 0.717) is 16.3 Å². The number of nitrogens with one attached hydrogen (secondary N) is 1. The highest BCUT2D eigenvalue weighted by Gasteiger charge is 2.11. The Morgan fingerprint density at radius 3 is 2.48 bits per heavy atom. The van der Waals surface area contributed by atoms with Crippen LogP contribution in [-0.4, -0.2) is 9.91 Å². The van der Waals surface area contributed by atoms with Crippen LogP contribution in [0.1, 0.15) is 16.1 Å². The summed E-state index contributed by atoms with van der Waals surface area (Å²) < 4.78 is 0. The summed E-state index contributed by atoms with van der Waals surface area (Å²) in [5, 5.41) is 25.8. The number of nitro benzene ring substituents is 1. The summed E-state index contributed by atoms with van der Waals surface area (Å²) in [6.45, 7) is 4.04. The van der Waals surface area contributed by atoms with E-state index < -0.39 is 4.92 Å². The average molecular weight is 376 g/mol. The fraction of sp³-hybridized carbons (Fsp3) is 0.100. The predicted molar refractivity (Wildman–Crippen MR) is 107 cm³/mol. The van der Waals surface area contributed by atoms with Crippen LogP contribution in [0.3, 0.4) is 0 Å². The molecule has 0 aliphatic carbocycles. The van der Waals surface area contributed by atoms with E-state index in [0.717, 1.165) is 22.4 Å². The van der Waals surface area contributed by atoms with E-state index in [1.165, 1.54) is 23.5 Å². The molecule has 0 saturated heterocycles. The second-order valence-electron chi connectivity index (χ2n) is 6.03. The molecule has 0 atom stereocenters. The van der Waals surface area contributed by atoms with Crippen LogP contribution in [0.25, 0.3) is 16.8 Å². The summed E-state index contributed by atoms with van der Waals surface area (Å²) >= 11 is 1.35. The molecule has 1 N–H and O–H groups in total. The first-order valence-corrected chi connectivity index (χ1v) is 9.00. The average Bonchev–Trinajstić information content (AvgIpc) is 3.11. The highest BCUT2D eigenvalue weighted by atomic mass is 32.1. The van der Waals surface area contributed by atoms with Gasteiger partial charge in [0.05, 0.1) is 10.6 Å². The van der Waals surface area contributed by atoms with Gasteiger partial charge in [0.1, 0.15) is 16.6 Å². The second-order valence-corrected chi connectivity index (χ2v) is 6.89. The number of aromatic nitrogens is 1. The Bertz CT molecular complexity index is 1040. The maximum absolute atomic E-state index is 10.8. The number of benzene rings is 2. The highest BCUT2D eigenvalue weighted by molar-refractivity contribution is 7.11. The van der Waals surface area contributed by atoms with Crippen molar-refractivity contribution in [3.05, 3.63) is 80.3 Å². The van der Waals surface area contributed by atoms with Crippen LogP contribution in [-0.2, 0) is 0 Å². The molecular formula is C20H16N4O2S. The number of hydrogen-bond donors (Lipinski definition) is 1. The number of nitro groups is 1. The van der Waals surface area contributed by atoms with Gasteiger partial charge in [-0.25, -0.2) is 4.98 Å². The van der Waals surface area contributed by atoms with Crippen molar-refractivity contribution in [2.75, 3.05) is 5.32 Å². The van der Waals surface area contributed by atoms with E-state index in [1.807, 2.05) is 31.4 Å². The molecule has 2 aromatic carbocycles. The number of aryl methyl sites for hydroxylation is 2. The molecule has 3 rings (SSSR count). The lowest BCUT2D eigenvalue weighted by molar-refractivity contribution is -0.384. The van der Waals surface area contributed by atoms with Crippen LogP contribution in [0, 0.1) is 35.3 Å². The number of thiazole rings is 1. The van der Waals surface area contributed by atoms with Gasteiger partial charge >= 0.3 is 0 Å². The van der Waals surface area contributed by atoms with Gasteiger partial charge in [-0.1, -0.05) is 6.07 Å². The van der Waals surface area contributed by atoms with Crippen LogP contribution in [0.4, 0.5) is 11.4 Å². The Labute approximate surface area is 160 Å². The zero-order valence-electron chi connectivity index (χ0n) is 14.8. The SMILES string of the molecule is Cc1cc(C)cc(NC=C(C#N)c2nc(-c3ccc([N+](=O)[O-])cc3)cs2)c1. The van der Waals surface area contributed by atoms with Crippen molar-refractivity contribution in [3.63, 3.8) is 0 Å². The molecule has 3 aromatic rings. The molecule has 134 valence electrons. The summed E-state index contributed by atoms with van der Waals surface area (Å²) in [7, 11) is 0. The van der Waals surface area contributed by atoms with Crippen LogP contribution < -0.4 is 5.32 Å². The lowest BCUT2D eigenvalue weighted by Gasteiger charge is -2.05. The molecule has 7 heteroatoms.